The first kappa shape index (κ1) is 17.8. The third-order valence-electron chi connectivity index (χ3n) is 3.63. The molecule has 0 spiro atoms. The Morgan fingerprint density at radius 1 is 1.26 bits per heavy atom. The molecule has 0 atom stereocenters. The van der Waals surface area contributed by atoms with Crippen molar-refractivity contribution in [1.29, 1.82) is 0 Å². The second-order valence-electron chi connectivity index (χ2n) is 5.43. The van der Waals surface area contributed by atoms with Crippen LogP contribution in [0.5, 0.6) is 0 Å². The molecule has 1 heterocycles. The normalized spacial score (nSPS) is 15.1. The molecule has 23 heavy (non-hydrogen) atoms. The second kappa shape index (κ2) is 9.57. The van der Waals surface area contributed by atoms with E-state index in [9.17, 15) is 4.79 Å². The maximum atomic E-state index is 11.9. The van der Waals surface area contributed by atoms with Crippen LogP contribution in [0.4, 0.5) is 0 Å². The van der Waals surface area contributed by atoms with Gasteiger partial charge in [0.1, 0.15) is 0 Å². The van der Waals surface area contributed by atoms with E-state index in [4.69, 9.17) is 8.60 Å². The minimum absolute atomic E-state index is 0.248. The van der Waals surface area contributed by atoms with Crippen molar-refractivity contribution in [3.05, 3.63) is 53.6 Å². The molecule has 1 aliphatic rings. The van der Waals surface area contributed by atoms with Gasteiger partial charge in [0.25, 0.3) is 0 Å². The van der Waals surface area contributed by atoms with E-state index >= 15 is 0 Å². The fraction of sp³-hybridized carbons (Fsp3) is 0.471. The van der Waals surface area contributed by atoms with Crippen molar-refractivity contribution >= 4 is 26.2 Å². The Morgan fingerprint density at radius 2 is 2.00 bits per heavy atom. The van der Waals surface area contributed by atoms with Crippen molar-refractivity contribution in [2.45, 2.75) is 51.9 Å². The van der Waals surface area contributed by atoms with Crippen LogP contribution in [0.25, 0.3) is 10.4 Å². The van der Waals surface area contributed by atoms with Crippen molar-refractivity contribution in [2.75, 3.05) is 0 Å². The Labute approximate surface area is 144 Å². The van der Waals surface area contributed by atoms with Crippen LogP contribution in [0.1, 0.15) is 62.2 Å². The summed E-state index contributed by atoms with van der Waals surface area (Å²) in [6, 6.07) is 7.50. The molecular formula is C17H22IN3O2. The number of allylic oxidation sites excluding steroid dienone is 1. The van der Waals surface area contributed by atoms with Gasteiger partial charge in [-0.2, -0.15) is 0 Å². The Balaban J connectivity index is 1.97. The van der Waals surface area contributed by atoms with Crippen LogP contribution >= 0.6 is 20.2 Å². The van der Waals surface area contributed by atoms with Gasteiger partial charge in [0, 0.05) is 0 Å². The maximum absolute atomic E-state index is 11.9. The predicted molar refractivity (Wildman–Crippen MR) is 99.8 cm³/mol. The second-order valence-corrected chi connectivity index (χ2v) is 9.22. The molecule has 0 radical (unpaired) electrons. The summed E-state index contributed by atoms with van der Waals surface area (Å²) in [5.74, 6) is -0.248. The summed E-state index contributed by atoms with van der Waals surface area (Å²) in [6.07, 6.45) is 7.91. The Bertz CT molecular complexity index is 624. The van der Waals surface area contributed by atoms with Crippen LogP contribution in [0.15, 0.2) is 39.2 Å². The molecule has 1 aromatic carbocycles. The number of benzene rings is 1. The number of carbonyl (C=O) groups excluding carboxylic acids is 1. The molecule has 5 nitrogen and oxygen atoms in total. The molecule has 0 aliphatic carbocycles. The molecular weight excluding hydrogens is 405 g/mol. The monoisotopic (exact) mass is 427 g/mol. The molecule has 124 valence electrons. The number of carbonyl (C=O) groups is 1. The SMILES string of the molecule is CCCCCCCC/C(=C/I1OC(=O)c2ccccc21)N=[N+]=[N-]. The van der Waals surface area contributed by atoms with Crippen LogP contribution in [0, 0.1) is 3.57 Å². The molecule has 0 bridgehead atoms. The Kier molecular flexibility index (Phi) is 7.42. The Morgan fingerprint density at radius 3 is 2.78 bits per heavy atom. The minimum atomic E-state index is -2.17. The summed E-state index contributed by atoms with van der Waals surface area (Å²) in [6.45, 7) is 2.20. The van der Waals surface area contributed by atoms with Gasteiger partial charge in [-0.05, 0) is 0 Å². The molecule has 2 rings (SSSR count). The molecule has 0 aromatic heterocycles. The van der Waals surface area contributed by atoms with Crippen LogP contribution in [-0.2, 0) is 3.07 Å². The topological polar surface area (TPSA) is 75.1 Å². The molecule has 0 saturated carbocycles. The predicted octanol–water partition coefficient (Wildman–Crippen LogP) is 6.35. The summed E-state index contributed by atoms with van der Waals surface area (Å²) < 4.78 is 8.45. The molecule has 0 unspecified atom stereocenters. The van der Waals surface area contributed by atoms with Gasteiger partial charge in [0.15, 0.2) is 0 Å². The summed E-state index contributed by atoms with van der Waals surface area (Å²) in [5.41, 5.74) is 10.1. The van der Waals surface area contributed by atoms with Gasteiger partial charge in [-0.25, -0.2) is 0 Å². The number of rotatable bonds is 9. The third-order valence-corrected chi connectivity index (χ3v) is 7.88. The van der Waals surface area contributed by atoms with Crippen molar-refractivity contribution in [1.82, 2.24) is 0 Å². The summed E-state index contributed by atoms with van der Waals surface area (Å²) in [7, 11) is 0. The van der Waals surface area contributed by atoms with Crippen LogP contribution < -0.4 is 0 Å². The summed E-state index contributed by atoms with van der Waals surface area (Å²) >= 11 is -2.17. The molecule has 0 N–H and O–H groups in total. The van der Waals surface area contributed by atoms with Crippen LogP contribution in [0.3, 0.4) is 0 Å². The van der Waals surface area contributed by atoms with Gasteiger partial charge in [0.2, 0.25) is 0 Å². The van der Waals surface area contributed by atoms with Gasteiger partial charge in [-0.3, -0.25) is 0 Å². The number of azide groups is 1. The molecule has 1 aliphatic heterocycles. The van der Waals surface area contributed by atoms with Crippen molar-refractivity contribution in [2.24, 2.45) is 5.11 Å². The Hall–Kier alpha value is -1.53. The van der Waals surface area contributed by atoms with Crippen molar-refractivity contribution in [3.8, 4) is 0 Å². The number of hydrogen-bond acceptors (Lipinski definition) is 3. The van der Waals surface area contributed by atoms with E-state index in [-0.39, 0.29) is 5.97 Å². The van der Waals surface area contributed by atoms with Gasteiger partial charge >= 0.3 is 145 Å². The molecule has 0 amide bonds. The number of halogens is 1. The van der Waals surface area contributed by atoms with Gasteiger partial charge in [-0.1, -0.05) is 0 Å². The molecule has 1 aromatic rings. The first-order valence-electron chi connectivity index (χ1n) is 8.02. The van der Waals surface area contributed by atoms with Crippen molar-refractivity contribution in [3.63, 3.8) is 0 Å². The zero-order valence-corrected chi connectivity index (χ0v) is 15.5. The van der Waals surface area contributed by atoms with E-state index in [1.807, 2.05) is 22.3 Å². The molecule has 6 heteroatoms. The van der Waals surface area contributed by atoms with Crippen LogP contribution in [0.2, 0.25) is 0 Å². The first-order valence-corrected chi connectivity index (χ1v) is 11.2. The average molecular weight is 427 g/mol. The third kappa shape index (κ3) is 5.25. The quantitative estimate of drug-likeness (QED) is 0.151. The number of hydrogen-bond donors (Lipinski definition) is 0. The summed E-state index contributed by atoms with van der Waals surface area (Å²) in [4.78, 5) is 14.8. The molecule has 0 fully saturated rings. The summed E-state index contributed by atoms with van der Waals surface area (Å²) in [5, 5.41) is 3.81. The zero-order valence-electron chi connectivity index (χ0n) is 13.4. The average Bonchev–Trinajstić information content (AvgIpc) is 2.87. The van der Waals surface area contributed by atoms with Crippen LogP contribution in [-0.4, -0.2) is 5.97 Å². The standard InChI is InChI=1S/C17H22IN3O2/c1-2-3-4-5-6-7-10-14(20-21-19)13-18-16-12-9-8-11-15(16)17(22)23-18/h8-9,11-13H,2-7,10H2,1H3/b14-13-. The van der Waals surface area contributed by atoms with Gasteiger partial charge < -0.3 is 0 Å². The van der Waals surface area contributed by atoms with E-state index in [0.717, 1.165) is 28.5 Å². The van der Waals surface area contributed by atoms with E-state index in [1.165, 1.54) is 25.7 Å². The number of nitrogens with zero attached hydrogens (tertiary/aromatic N) is 3. The number of unbranched alkanes of at least 4 members (excludes halogenated alkanes) is 5. The zero-order chi connectivity index (χ0) is 16.5. The van der Waals surface area contributed by atoms with Crippen molar-refractivity contribution < 1.29 is 7.86 Å². The molecule has 0 saturated heterocycles. The fourth-order valence-electron chi connectivity index (χ4n) is 2.41. The number of fused-ring (bicyclic) bond motifs is 1. The van der Waals surface area contributed by atoms with E-state index in [2.05, 4.69) is 16.9 Å². The van der Waals surface area contributed by atoms with E-state index in [1.54, 1.807) is 6.07 Å². The van der Waals surface area contributed by atoms with Gasteiger partial charge in [-0.15, -0.1) is 0 Å². The first-order chi connectivity index (χ1) is 11.3. The van der Waals surface area contributed by atoms with E-state index in [0.29, 0.717) is 5.56 Å². The van der Waals surface area contributed by atoms with Gasteiger partial charge in [0.05, 0.1) is 0 Å². The van der Waals surface area contributed by atoms with E-state index < -0.39 is 20.2 Å². The fourth-order valence-corrected chi connectivity index (χ4v) is 6.41.